The number of unbranched alkanes of at least 4 members (excludes halogenated alkanes) is 5. The molecule has 0 spiro atoms. The van der Waals surface area contributed by atoms with E-state index in [4.69, 9.17) is 4.74 Å². The number of benzene rings is 1. The smallest absolute Gasteiger partial charge is 0.166 e. The van der Waals surface area contributed by atoms with Gasteiger partial charge in [0.2, 0.25) is 0 Å². The van der Waals surface area contributed by atoms with Crippen LogP contribution in [-0.4, -0.2) is 12.9 Å². The monoisotopic (exact) mass is 266 g/mol. The van der Waals surface area contributed by atoms with Crippen molar-refractivity contribution in [3.8, 4) is 5.75 Å². The zero-order chi connectivity index (χ0) is 14.1. The van der Waals surface area contributed by atoms with Crippen molar-refractivity contribution in [3.63, 3.8) is 0 Å². The van der Waals surface area contributed by atoms with Crippen LogP contribution in [0.15, 0.2) is 18.2 Å². The van der Waals surface area contributed by atoms with Gasteiger partial charge in [0.05, 0.1) is 12.7 Å². The topological polar surface area (TPSA) is 26.3 Å². The summed E-state index contributed by atoms with van der Waals surface area (Å²) in [5.74, 6) is 0.0244. The van der Waals surface area contributed by atoms with E-state index in [1.165, 1.54) is 51.0 Å². The van der Waals surface area contributed by atoms with Crippen molar-refractivity contribution < 1.29 is 13.9 Å². The molecule has 0 aliphatic rings. The molecule has 0 fully saturated rings. The quantitative estimate of drug-likeness (QED) is 0.475. The largest absolute Gasteiger partial charge is 0.496 e. The molecule has 0 amide bonds. The van der Waals surface area contributed by atoms with E-state index in [1.54, 1.807) is 0 Å². The number of hydrogen-bond donors (Lipinski definition) is 0. The summed E-state index contributed by atoms with van der Waals surface area (Å²) in [7, 11) is 1.49. The number of carbonyl (C=O) groups excluding carboxylic acids is 1. The molecule has 0 saturated carbocycles. The minimum Gasteiger partial charge on any atom is -0.496 e. The normalized spacial score (nSPS) is 10.5. The van der Waals surface area contributed by atoms with Gasteiger partial charge in [-0.25, -0.2) is 4.39 Å². The number of carbonyl (C=O) groups is 1. The minimum atomic E-state index is -0.396. The number of Topliss-reactive ketones (excluding diaryl/α,β-unsaturated/α-hetero) is 1. The second kappa shape index (κ2) is 8.68. The van der Waals surface area contributed by atoms with Crippen LogP contribution < -0.4 is 4.74 Å². The molecular formula is C16H23FO2. The highest BCUT2D eigenvalue weighted by molar-refractivity contribution is 5.98. The average Bonchev–Trinajstić information content (AvgIpc) is 2.42. The minimum absolute atomic E-state index is 0.0353. The standard InChI is InChI=1S/C16H23FO2/c1-3-4-5-6-7-8-9-15(18)14-12-13(17)10-11-16(14)19-2/h10-12H,3-9H2,1-2H3. The van der Waals surface area contributed by atoms with Crippen LogP contribution in [0, 0.1) is 5.82 Å². The zero-order valence-electron chi connectivity index (χ0n) is 11.9. The molecule has 1 rings (SSSR count). The summed E-state index contributed by atoms with van der Waals surface area (Å²) in [6, 6.07) is 4.07. The van der Waals surface area contributed by atoms with Gasteiger partial charge in [0.25, 0.3) is 0 Å². The first-order valence-corrected chi connectivity index (χ1v) is 7.05. The van der Waals surface area contributed by atoms with Crippen molar-refractivity contribution in [1.82, 2.24) is 0 Å². The fourth-order valence-corrected chi connectivity index (χ4v) is 2.10. The highest BCUT2D eigenvalue weighted by atomic mass is 19.1. The van der Waals surface area contributed by atoms with Crippen molar-refractivity contribution in [3.05, 3.63) is 29.6 Å². The number of rotatable bonds is 9. The number of halogens is 1. The summed E-state index contributed by atoms with van der Waals surface area (Å²) in [6.45, 7) is 2.18. The number of methoxy groups -OCH3 is 1. The lowest BCUT2D eigenvalue weighted by molar-refractivity contribution is 0.0975. The van der Waals surface area contributed by atoms with Crippen LogP contribution in [0.5, 0.6) is 5.75 Å². The molecule has 0 radical (unpaired) electrons. The lowest BCUT2D eigenvalue weighted by atomic mass is 10.0. The van der Waals surface area contributed by atoms with Crippen LogP contribution in [0.2, 0.25) is 0 Å². The van der Waals surface area contributed by atoms with Gasteiger partial charge in [0.1, 0.15) is 11.6 Å². The van der Waals surface area contributed by atoms with E-state index < -0.39 is 5.82 Å². The first-order chi connectivity index (χ1) is 9.19. The molecule has 1 aromatic carbocycles. The third-order valence-corrected chi connectivity index (χ3v) is 3.22. The van der Waals surface area contributed by atoms with Gasteiger partial charge in [-0.1, -0.05) is 39.0 Å². The molecule has 106 valence electrons. The maximum Gasteiger partial charge on any atom is 0.166 e. The molecular weight excluding hydrogens is 243 g/mol. The molecule has 0 unspecified atom stereocenters. The van der Waals surface area contributed by atoms with Gasteiger partial charge in [-0.05, 0) is 24.6 Å². The van der Waals surface area contributed by atoms with Crippen LogP contribution in [-0.2, 0) is 0 Å². The van der Waals surface area contributed by atoms with E-state index in [0.29, 0.717) is 17.7 Å². The average molecular weight is 266 g/mol. The Morgan fingerprint density at radius 1 is 1.16 bits per heavy atom. The molecule has 3 heteroatoms. The lowest BCUT2D eigenvalue weighted by Crippen LogP contribution is -2.03. The molecule has 1 aromatic rings. The fourth-order valence-electron chi connectivity index (χ4n) is 2.10. The van der Waals surface area contributed by atoms with Gasteiger partial charge in [0, 0.05) is 6.42 Å². The van der Waals surface area contributed by atoms with Crippen LogP contribution in [0.1, 0.15) is 62.2 Å². The van der Waals surface area contributed by atoms with Gasteiger partial charge in [0.15, 0.2) is 5.78 Å². The highest BCUT2D eigenvalue weighted by Gasteiger charge is 2.12. The first kappa shape index (κ1) is 15.7. The lowest BCUT2D eigenvalue weighted by Gasteiger charge is -2.07. The first-order valence-electron chi connectivity index (χ1n) is 7.05. The Kier molecular flexibility index (Phi) is 7.16. The third kappa shape index (κ3) is 5.41. The molecule has 0 N–H and O–H groups in total. The van der Waals surface area contributed by atoms with Crippen molar-refractivity contribution in [2.75, 3.05) is 7.11 Å². The Bertz CT molecular complexity index is 402. The van der Waals surface area contributed by atoms with Crippen LogP contribution >= 0.6 is 0 Å². The highest BCUT2D eigenvalue weighted by Crippen LogP contribution is 2.22. The SMILES string of the molecule is CCCCCCCCC(=O)c1cc(F)ccc1OC. The Balaban J connectivity index is 2.43. The van der Waals surface area contributed by atoms with E-state index in [-0.39, 0.29) is 5.78 Å². The molecule has 0 bridgehead atoms. The zero-order valence-corrected chi connectivity index (χ0v) is 11.9. The molecule has 0 saturated heterocycles. The number of ketones is 1. The van der Waals surface area contributed by atoms with Gasteiger partial charge in [-0.15, -0.1) is 0 Å². The molecule has 0 heterocycles. The fraction of sp³-hybridized carbons (Fsp3) is 0.562. The molecule has 0 atom stereocenters. The van der Waals surface area contributed by atoms with Gasteiger partial charge < -0.3 is 4.74 Å². The summed E-state index contributed by atoms with van der Waals surface area (Å²) in [5, 5.41) is 0. The maximum absolute atomic E-state index is 13.2. The summed E-state index contributed by atoms with van der Waals surface area (Å²) in [6.07, 6.45) is 7.26. The van der Waals surface area contributed by atoms with Crippen LogP contribution in [0.4, 0.5) is 4.39 Å². The summed E-state index contributed by atoms with van der Waals surface area (Å²) >= 11 is 0. The molecule has 0 aromatic heterocycles. The summed E-state index contributed by atoms with van der Waals surface area (Å²) in [5.41, 5.74) is 0.357. The van der Waals surface area contributed by atoms with Crippen molar-refractivity contribution >= 4 is 5.78 Å². The Labute approximate surface area is 115 Å². The molecule has 0 aliphatic heterocycles. The van der Waals surface area contributed by atoms with Crippen molar-refractivity contribution in [2.45, 2.75) is 51.9 Å². The Morgan fingerprint density at radius 2 is 1.84 bits per heavy atom. The van der Waals surface area contributed by atoms with Crippen LogP contribution in [0.3, 0.4) is 0 Å². The Morgan fingerprint density at radius 3 is 2.53 bits per heavy atom. The third-order valence-electron chi connectivity index (χ3n) is 3.22. The van der Waals surface area contributed by atoms with E-state index in [0.717, 1.165) is 12.8 Å². The van der Waals surface area contributed by atoms with E-state index >= 15 is 0 Å². The van der Waals surface area contributed by atoms with Crippen LogP contribution in [0.25, 0.3) is 0 Å². The number of hydrogen-bond acceptors (Lipinski definition) is 2. The maximum atomic E-state index is 13.2. The van der Waals surface area contributed by atoms with Gasteiger partial charge >= 0.3 is 0 Å². The second-order valence-corrected chi connectivity index (χ2v) is 4.79. The van der Waals surface area contributed by atoms with Crippen molar-refractivity contribution in [1.29, 1.82) is 0 Å². The predicted octanol–water partition coefficient (Wildman–Crippen LogP) is 4.77. The van der Waals surface area contributed by atoms with Crippen molar-refractivity contribution in [2.24, 2.45) is 0 Å². The molecule has 0 aliphatic carbocycles. The van der Waals surface area contributed by atoms with Gasteiger partial charge in [-0.3, -0.25) is 4.79 Å². The number of ether oxygens (including phenoxy) is 1. The summed E-state index contributed by atoms with van der Waals surface area (Å²) < 4.78 is 18.3. The van der Waals surface area contributed by atoms with Gasteiger partial charge in [-0.2, -0.15) is 0 Å². The van der Waals surface area contributed by atoms with E-state index in [1.807, 2.05) is 0 Å². The Hall–Kier alpha value is -1.38. The predicted molar refractivity (Wildman–Crippen MR) is 75.3 cm³/mol. The van der Waals surface area contributed by atoms with E-state index in [9.17, 15) is 9.18 Å². The molecule has 2 nitrogen and oxygen atoms in total. The van der Waals surface area contributed by atoms with E-state index in [2.05, 4.69) is 6.92 Å². The summed E-state index contributed by atoms with van der Waals surface area (Å²) in [4.78, 5) is 12.0. The molecule has 19 heavy (non-hydrogen) atoms. The second-order valence-electron chi connectivity index (χ2n) is 4.79.